The summed E-state index contributed by atoms with van der Waals surface area (Å²) in [6.07, 6.45) is 0. The SMILES string of the molecule is CC1=C2c3c(-c4c(F)c(F)c(F)c(F)c4F)cccc3[CH]1[Zr+2][CH]1C(C)=C(c3c(-c4c(F)c(F)c(F)c(F)c4F)cccc31)[Si]2(C)C.[Cl-].[Cl-]. The van der Waals surface area contributed by atoms with Crippen LogP contribution in [0.4, 0.5) is 43.9 Å². The Morgan fingerprint density at radius 3 is 1.06 bits per heavy atom. The number of hydrogen-bond acceptors (Lipinski definition) is 0. The molecule has 48 heavy (non-hydrogen) atoms. The van der Waals surface area contributed by atoms with Crippen molar-refractivity contribution in [2.24, 2.45) is 0 Å². The van der Waals surface area contributed by atoms with Gasteiger partial charge in [0.15, 0.2) is 0 Å². The molecule has 0 saturated carbocycles. The van der Waals surface area contributed by atoms with E-state index in [0.717, 1.165) is 22.3 Å². The number of halogens is 12. The molecule has 248 valence electrons. The molecular weight excluding hydrogens is 789 g/mol. The Morgan fingerprint density at radius 1 is 0.458 bits per heavy atom. The van der Waals surface area contributed by atoms with E-state index in [2.05, 4.69) is 0 Å². The molecule has 4 bridgehead atoms. The molecule has 2 aliphatic carbocycles. The third kappa shape index (κ3) is 4.64. The Kier molecular flexibility index (Phi) is 9.37. The van der Waals surface area contributed by atoms with Crippen LogP contribution in [0.5, 0.6) is 0 Å². The summed E-state index contributed by atoms with van der Waals surface area (Å²) in [5.74, 6) is -20.7. The van der Waals surface area contributed by atoms with Gasteiger partial charge in [0.25, 0.3) is 0 Å². The van der Waals surface area contributed by atoms with Gasteiger partial charge in [0.1, 0.15) is 0 Å². The number of benzene rings is 4. The maximum atomic E-state index is 15.3. The van der Waals surface area contributed by atoms with E-state index in [1.54, 1.807) is 12.1 Å². The van der Waals surface area contributed by atoms with Gasteiger partial charge in [-0.25, -0.2) is 0 Å². The van der Waals surface area contributed by atoms with Crippen molar-refractivity contribution in [2.75, 3.05) is 0 Å². The van der Waals surface area contributed by atoms with Crippen LogP contribution in [0.25, 0.3) is 32.6 Å². The molecule has 0 radical (unpaired) electrons. The summed E-state index contributed by atoms with van der Waals surface area (Å²) in [5.41, 5.74) is 1.56. The first-order chi connectivity index (χ1) is 21.6. The summed E-state index contributed by atoms with van der Waals surface area (Å²) in [5, 5.41) is 1.36. The van der Waals surface area contributed by atoms with Crippen LogP contribution in [0.3, 0.4) is 0 Å². The fourth-order valence-electron chi connectivity index (χ4n) is 7.76. The standard InChI is InChI=1S/C34H20F10Si.2ClH.Zr/c1-13-11-15-7-5-9-17(21-23(35)27(39)31(43)28(40)24(21)36)19(15)33(13)45(3,4)34-14(2)12-16-8-6-10-18(20(16)34)22-25(37)29(41)32(44)30(42)26(22)38;;;/h5-12H,1-4H3;2*1H;/q;;;+2/p-2. The van der Waals surface area contributed by atoms with Gasteiger partial charge in [0.05, 0.1) is 0 Å². The van der Waals surface area contributed by atoms with E-state index in [9.17, 15) is 26.3 Å². The summed E-state index contributed by atoms with van der Waals surface area (Å²) in [6.45, 7) is 7.58. The Morgan fingerprint density at radius 2 is 0.750 bits per heavy atom. The van der Waals surface area contributed by atoms with Crippen LogP contribution in [0.1, 0.15) is 43.4 Å². The van der Waals surface area contributed by atoms with Gasteiger partial charge < -0.3 is 24.8 Å². The Balaban J connectivity index is 0.00000225. The summed E-state index contributed by atoms with van der Waals surface area (Å²) in [7, 11) is -3.18. The average Bonchev–Trinajstić information content (AvgIpc) is 3.50. The van der Waals surface area contributed by atoms with Gasteiger partial charge in [-0.05, 0) is 0 Å². The van der Waals surface area contributed by atoms with Crippen molar-refractivity contribution in [2.45, 2.75) is 34.2 Å². The van der Waals surface area contributed by atoms with E-state index in [4.69, 9.17) is 0 Å². The third-order valence-electron chi connectivity index (χ3n) is 9.51. The maximum Gasteiger partial charge on any atom is -1.00 e. The fourth-order valence-corrected chi connectivity index (χ4v) is 17.6. The largest absolute Gasteiger partial charge is 1.00 e. The van der Waals surface area contributed by atoms with Gasteiger partial charge in [-0.3, -0.25) is 0 Å². The number of allylic oxidation sites excluding steroid dienone is 2. The molecule has 4 aromatic carbocycles. The topological polar surface area (TPSA) is 0 Å². The van der Waals surface area contributed by atoms with Crippen LogP contribution < -0.4 is 24.8 Å². The van der Waals surface area contributed by atoms with E-state index in [1.807, 2.05) is 26.9 Å². The van der Waals surface area contributed by atoms with Crippen molar-refractivity contribution >= 4 is 18.5 Å². The van der Waals surface area contributed by atoms with Gasteiger partial charge in [-0.15, -0.1) is 0 Å². The molecule has 0 fully saturated rings. The van der Waals surface area contributed by atoms with E-state index >= 15 is 17.6 Å². The molecule has 0 saturated heterocycles. The second-order valence-corrected chi connectivity index (χ2v) is 20.1. The minimum atomic E-state index is -3.18. The molecular formula is C34H20Cl2F10SiZr. The van der Waals surface area contributed by atoms with Gasteiger partial charge in [-0.2, -0.15) is 0 Å². The smallest absolute Gasteiger partial charge is 1.00 e. The fraction of sp³-hybridized carbons (Fsp3) is 0.176. The van der Waals surface area contributed by atoms with Crippen molar-refractivity contribution < 1.29 is 92.0 Å². The molecule has 0 N–H and O–H groups in total. The van der Waals surface area contributed by atoms with Crippen molar-refractivity contribution in [3.05, 3.63) is 128 Å². The molecule has 4 aromatic rings. The van der Waals surface area contributed by atoms with E-state index in [0.29, 0.717) is 21.5 Å². The second kappa shape index (κ2) is 12.3. The number of rotatable bonds is 2. The van der Waals surface area contributed by atoms with Crippen LogP contribution in [-0.2, 0) is 23.2 Å². The van der Waals surface area contributed by atoms with Crippen LogP contribution in [0.15, 0.2) is 47.5 Å². The van der Waals surface area contributed by atoms with E-state index < -0.39 is 101 Å². The van der Waals surface area contributed by atoms with E-state index in [-0.39, 0.29) is 43.2 Å². The summed E-state index contributed by atoms with van der Waals surface area (Å²) < 4.78 is 147. The summed E-state index contributed by atoms with van der Waals surface area (Å²) >= 11 is -1.74. The summed E-state index contributed by atoms with van der Waals surface area (Å²) in [6, 6.07) is 9.27. The van der Waals surface area contributed by atoms with Gasteiger partial charge in [-0.1, -0.05) is 0 Å². The van der Waals surface area contributed by atoms with Gasteiger partial charge in [0.2, 0.25) is 0 Å². The molecule has 0 amide bonds. The van der Waals surface area contributed by atoms with Crippen molar-refractivity contribution in [3.8, 4) is 22.3 Å². The Hall–Kier alpha value is -2.66. The quantitative estimate of drug-likeness (QED) is 0.120. The first-order valence-corrected chi connectivity index (χ1v) is 19.9. The summed E-state index contributed by atoms with van der Waals surface area (Å²) in [4.78, 5) is 0. The monoisotopic (exact) mass is 806 g/mol. The molecule has 3 aliphatic rings. The van der Waals surface area contributed by atoms with Gasteiger partial charge >= 0.3 is 270 Å². The Labute approximate surface area is 293 Å². The zero-order valence-corrected chi connectivity index (χ0v) is 30.1. The second-order valence-electron chi connectivity index (χ2n) is 12.2. The first kappa shape index (κ1) is 36.6. The maximum absolute atomic E-state index is 15.3. The first-order valence-electron chi connectivity index (χ1n) is 14.1. The minimum absolute atomic E-state index is 0. The van der Waals surface area contributed by atoms with E-state index in [1.165, 1.54) is 24.3 Å². The molecule has 0 spiro atoms. The molecule has 1 heterocycles. The zero-order valence-electron chi connectivity index (χ0n) is 25.2. The number of fused-ring (bicyclic) bond motifs is 8. The predicted octanol–water partition coefficient (Wildman–Crippen LogP) is 4.66. The van der Waals surface area contributed by atoms with Crippen LogP contribution >= 0.6 is 0 Å². The van der Waals surface area contributed by atoms with Crippen molar-refractivity contribution in [1.29, 1.82) is 0 Å². The molecule has 14 heteroatoms. The third-order valence-corrected chi connectivity index (χ3v) is 18.6. The molecule has 1 aliphatic heterocycles. The normalized spacial score (nSPS) is 18.3. The molecule has 7 rings (SSSR count). The minimum Gasteiger partial charge on any atom is -1.00 e. The Bertz CT molecular complexity index is 1950. The molecule has 0 aromatic heterocycles. The molecule has 2 unspecified atom stereocenters. The van der Waals surface area contributed by atoms with Crippen molar-refractivity contribution in [1.82, 2.24) is 0 Å². The van der Waals surface area contributed by atoms with Crippen LogP contribution in [0, 0.1) is 58.2 Å². The molecule has 2 atom stereocenters. The van der Waals surface area contributed by atoms with Crippen molar-refractivity contribution in [3.63, 3.8) is 0 Å². The van der Waals surface area contributed by atoms with Crippen LogP contribution in [-0.4, -0.2) is 8.07 Å². The zero-order chi connectivity index (χ0) is 33.3. The van der Waals surface area contributed by atoms with Gasteiger partial charge in [0, 0.05) is 0 Å². The predicted molar refractivity (Wildman–Crippen MR) is 151 cm³/mol. The van der Waals surface area contributed by atoms with Crippen LogP contribution in [0.2, 0.25) is 13.1 Å². The number of hydrogen-bond donors (Lipinski definition) is 0. The molecule has 0 nitrogen and oxygen atoms in total. The average molecular weight is 809 g/mol.